The number of fused-ring (bicyclic) bond motifs is 2. The molecule has 0 amide bonds. The molecule has 2 aliphatic heterocycles. The summed E-state index contributed by atoms with van der Waals surface area (Å²) in [5, 5.41) is 0. The maximum Gasteiger partial charge on any atom is 0.131 e. The molecule has 4 heteroatoms. The number of anilines is 1. The van der Waals surface area contributed by atoms with E-state index in [0.29, 0.717) is 11.9 Å². The SMILES string of the molecule is Cc1cc(CCl)cnc1N1CCC2CCC(C1)N2C. The summed E-state index contributed by atoms with van der Waals surface area (Å²) in [7, 11) is 2.28. The van der Waals surface area contributed by atoms with Gasteiger partial charge < -0.3 is 4.90 Å². The van der Waals surface area contributed by atoms with Crippen LogP contribution in [-0.4, -0.2) is 42.1 Å². The van der Waals surface area contributed by atoms with Gasteiger partial charge in [0.1, 0.15) is 5.82 Å². The van der Waals surface area contributed by atoms with Gasteiger partial charge in [-0.1, -0.05) is 0 Å². The van der Waals surface area contributed by atoms with Crippen LogP contribution in [0.5, 0.6) is 0 Å². The van der Waals surface area contributed by atoms with E-state index in [9.17, 15) is 0 Å². The van der Waals surface area contributed by atoms with Crippen LogP contribution >= 0.6 is 11.6 Å². The molecule has 19 heavy (non-hydrogen) atoms. The molecule has 2 aliphatic rings. The van der Waals surface area contributed by atoms with Crippen molar-refractivity contribution in [1.29, 1.82) is 0 Å². The van der Waals surface area contributed by atoms with Crippen LogP contribution < -0.4 is 4.90 Å². The second-order valence-electron chi connectivity index (χ2n) is 5.90. The second-order valence-corrected chi connectivity index (χ2v) is 6.17. The van der Waals surface area contributed by atoms with Crippen molar-refractivity contribution in [2.75, 3.05) is 25.0 Å². The maximum absolute atomic E-state index is 5.87. The number of hydrogen-bond donors (Lipinski definition) is 0. The molecule has 0 aliphatic carbocycles. The van der Waals surface area contributed by atoms with E-state index in [1.165, 1.54) is 24.8 Å². The van der Waals surface area contributed by atoms with Crippen LogP contribution in [0.2, 0.25) is 0 Å². The summed E-state index contributed by atoms with van der Waals surface area (Å²) in [6, 6.07) is 3.64. The van der Waals surface area contributed by atoms with Gasteiger partial charge in [0.2, 0.25) is 0 Å². The molecule has 0 spiro atoms. The van der Waals surface area contributed by atoms with E-state index >= 15 is 0 Å². The number of nitrogens with zero attached hydrogens (tertiary/aromatic N) is 3. The minimum absolute atomic E-state index is 0.543. The predicted octanol–water partition coefficient (Wildman–Crippen LogP) is 2.80. The first-order valence-electron chi connectivity index (χ1n) is 7.17. The van der Waals surface area contributed by atoms with Crippen molar-refractivity contribution in [1.82, 2.24) is 9.88 Å². The fourth-order valence-electron chi connectivity index (χ4n) is 3.53. The molecule has 2 fully saturated rings. The van der Waals surface area contributed by atoms with Crippen LogP contribution in [0.15, 0.2) is 12.3 Å². The van der Waals surface area contributed by atoms with Crippen LogP contribution in [0.1, 0.15) is 30.4 Å². The van der Waals surface area contributed by atoms with E-state index < -0.39 is 0 Å². The number of aromatic nitrogens is 1. The van der Waals surface area contributed by atoms with Gasteiger partial charge in [0.05, 0.1) is 0 Å². The molecule has 2 bridgehead atoms. The Kier molecular flexibility index (Phi) is 3.68. The van der Waals surface area contributed by atoms with Gasteiger partial charge in [-0.05, 0) is 50.4 Å². The lowest BCUT2D eigenvalue weighted by molar-refractivity contribution is 0.254. The van der Waals surface area contributed by atoms with Crippen LogP contribution in [0, 0.1) is 6.92 Å². The molecule has 1 aromatic rings. The van der Waals surface area contributed by atoms with Gasteiger partial charge in [-0.3, -0.25) is 4.90 Å². The third-order valence-electron chi connectivity index (χ3n) is 4.71. The monoisotopic (exact) mass is 279 g/mol. The Bertz CT molecular complexity index is 463. The first-order chi connectivity index (χ1) is 9.19. The summed E-state index contributed by atoms with van der Waals surface area (Å²) in [6.07, 6.45) is 5.87. The number of alkyl halides is 1. The summed E-state index contributed by atoms with van der Waals surface area (Å²) in [4.78, 5) is 9.68. The van der Waals surface area contributed by atoms with Crippen molar-refractivity contribution in [3.8, 4) is 0 Å². The Morgan fingerprint density at radius 3 is 2.84 bits per heavy atom. The van der Waals surface area contributed by atoms with Crippen LogP contribution in [-0.2, 0) is 5.88 Å². The topological polar surface area (TPSA) is 19.4 Å². The quantitative estimate of drug-likeness (QED) is 0.776. The number of pyridine rings is 1. The van der Waals surface area contributed by atoms with Crippen molar-refractivity contribution in [2.45, 2.75) is 44.1 Å². The van der Waals surface area contributed by atoms with E-state index in [1.54, 1.807) is 0 Å². The van der Waals surface area contributed by atoms with Crippen molar-refractivity contribution >= 4 is 17.4 Å². The highest BCUT2D eigenvalue weighted by Gasteiger charge is 2.35. The lowest BCUT2D eigenvalue weighted by Crippen LogP contribution is -2.37. The van der Waals surface area contributed by atoms with Gasteiger partial charge in [0, 0.05) is 37.3 Å². The summed E-state index contributed by atoms with van der Waals surface area (Å²) < 4.78 is 0. The standard InChI is InChI=1S/C15H22ClN3/c1-11-7-12(8-16)9-17-15(11)19-6-5-13-3-4-14(10-19)18(13)2/h7,9,13-14H,3-6,8,10H2,1-2H3. The highest BCUT2D eigenvalue weighted by molar-refractivity contribution is 6.17. The van der Waals surface area contributed by atoms with Gasteiger partial charge >= 0.3 is 0 Å². The lowest BCUT2D eigenvalue weighted by atomic mass is 10.1. The van der Waals surface area contributed by atoms with Crippen LogP contribution in [0.3, 0.4) is 0 Å². The lowest BCUT2D eigenvalue weighted by Gasteiger charge is -2.28. The summed E-state index contributed by atoms with van der Waals surface area (Å²) >= 11 is 5.87. The molecule has 0 saturated carbocycles. The molecule has 3 heterocycles. The third-order valence-corrected chi connectivity index (χ3v) is 5.02. The number of likely N-dealkylation sites (N-methyl/N-ethyl adjacent to an activating group) is 1. The molecular formula is C15H22ClN3. The summed E-state index contributed by atoms with van der Waals surface area (Å²) in [5.74, 6) is 1.69. The molecule has 3 nitrogen and oxygen atoms in total. The molecule has 0 N–H and O–H groups in total. The number of aryl methyl sites for hydroxylation is 1. The fourth-order valence-corrected chi connectivity index (χ4v) is 3.68. The van der Waals surface area contributed by atoms with E-state index in [4.69, 9.17) is 11.6 Å². The first-order valence-corrected chi connectivity index (χ1v) is 7.71. The van der Waals surface area contributed by atoms with Gasteiger partial charge in [-0.2, -0.15) is 0 Å². The highest BCUT2D eigenvalue weighted by Crippen LogP contribution is 2.31. The van der Waals surface area contributed by atoms with Gasteiger partial charge in [-0.25, -0.2) is 4.98 Å². The Hall–Kier alpha value is -0.800. The smallest absolute Gasteiger partial charge is 0.131 e. The van der Waals surface area contributed by atoms with E-state index in [0.717, 1.165) is 30.5 Å². The van der Waals surface area contributed by atoms with Crippen molar-refractivity contribution in [2.24, 2.45) is 0 Å². The Balaban J connectivity index is 1.82. The van der Waals surface area contributed by atoms with E-state index in [-0.39, 0.29) is 0 Å². The van der Waals surface area contributed by atoms with Gasteiger partial charge in [0.25, 0.3) is 0 Å². The molecule has 1 aromatic heterocycles. The largest absolute Gasteiger partial charge is 0.355 e. The predicted molar refractivity (Wildman–Crippen MR) is 79.9 cm³/mol. The van der Waals surface area contributed by atoms with Crippen LogP contribution in [0.4, 0.5) is 5.82 Å². The molecule has 2 atom stereocenters. The zero-order valence-electron chi connectivity index (χ0n) is 11.8. The Morgan fingerprint density at radius 1 is 1.32 bits per heavy atom. The first kappa shape index (κ1) is 13.2. The van der Waals surface area contributed by atoms with Crippen molar-refractivity contribution in [3.05, 3.63) is 23.4 Å². The molecule has 104 valence electrons. The second kappa shape index (κ2) is 5.29. The average Bonchev–Trinajstić information content (AvgIpc) is 2.64. The molecule has 2 unspecified atom stereocenters. The van der Waals surface area contributed by atoms with Gasteiger partial charge in [-0.15, -0.1) is 11.6 Å². The third kappa shape index (κ3) is 2.46. The molecule has 3 rings (SSSR count). The summed E-state index contributed by atoms with van der Waals surface area (Å²) in [5.41, 5.74) is 2.36. The normalized spacial score (nSPS) is 27.6. The van der Waals surface area contributed by atoms with E-state index in [1.807, 2.05) is 6.20 Å². The average molecular weight is 280 g/mol. The highest BCUT2D eigenvalue weighted by atomic mass is 35.5. The van der Waals surface area contributed by atoms with Crippen molar-refractivity contribution < 1.29 is 0 Å². The molecule has 0 aromatic carbocycles. The number of hydrogen-bond acceptors (Lipinski definition) is 3. The minimum Gasteiger partial charge on any atom is -0.355 e. The van der Waals surface area contributed by atoms with Crippen molar-refractivity contribution in [3.63, 3.8) is 0 Å². The minimum atomic E-state index is 0.543. The fraction of sp³-hybridized carbons (Fsp3) is 0.667. The maximum atomic E-state index is 5.87. The zero-order valence-corrected chi connectivity index (χ0v) is 12.5. The zero-order chi connectivity index (χ0) is 13.4. The van der Waals surface area contributed by atoms with Gasteiger partial charge in [0.15, 0.2) is 0 Å². The molecule has 2 saturated heterocycles. The number of rotatable bonds is 2. The molecule has 0 radical (unpaired) electrons. The number of halogens is 1. The Morgan fingerprint density at radius 2 is 2.11 bits per heavy atom. The van der Waals surface area contributed by atoms with Crippen LogP contribution in [0.25, 0.3) is 0 Å². The Labute approximate surface area is 120 Å². The van der Waals surface area contributed by atoms with E-state index in [2.05, 4.69) is 34.8 Å². The summed E-state index contributed by atoms with van der Waals surface area (Å²) in [6.45, 7) is 4.38. The molecular weight excluding hydrogens is 258 g/mol.